The van der Waals surface area contributed by atoms with E-state index < -0.39 is 0 Å². The number of imidazole rings is 1. The molecule has 0 saturated heterocycles. The van der Waals surface area contributed by atoms with Gasteiger partial charge in [-0.2, -0.15) is 4.98 Å². The fraction of sp³-hybridized carbons (Fsp3) is 0.0588. The maximum atomic E-state index is 12.6. The van der Waals surface area contributed by atoms with Crippen LogP contribution in [0.3, 0.4) is 0 Å². The SMILES string of the molecule is C=Cc1ccc(-n2cnc3c(=O)n4cc(C)cnc4nc32)cc1. The molecule has 4 rings (SSSR count). The van der Waals surface area contributed by atoms with Crippen molar-refractivity contribution in [1.82, 2.24) is 23.9 Å². The molecule has 0 amide bonds. The Labute approximate surface area is 131 Å². The highest BCUT2D eigenvalue weighted by Crippen LogP contribution is 2.16. The lowest BCUT2D eigenvalue weighted by molar-refractivity contribution is 0.989. The van der Waals surface area contributed by atoms with E-state index in [1.54, 1.807) is 29.4 Å². The largest absolute Gasteiger partial charge is 0.287 e. The van der Waals surface area contributed by atoms with Crippen molar-refractivity contribution in [3.63, 3.8) is 0 Å². The van der Waals surface area contributed by atoms with E-state index in [1.807, 2.05) is 31.2 Å². The Hall–Kier alpha value is -3.28. The van der Waals surface area contributed by atoms with Crippen LogP contribution >= 0.6 is 0 Å². The fourth-order valence-corrected chi connectivity index (χ4v) is 2.52. The van der Waals surface area contributed by atoms with Gasteiger partial charge in [0.1, 0.15) is 6.33 Å². The van der Waals surface area contributed by atoms with Gasteiger partial charge in [-0.05, 0) is 30.2 Å². The molecule has 0 N–H and O–H groups in total. The number of hydrogen-bond donors (Lipinski definition) is 0. The minimum absolute atomic E-state index is 0.220. The second-order valence-corrected chi connectivity index (χ2v) is 5.30. The molecule has 6 nitrogen and oxygen atoms in total. The lowest BCUT2D eigenvalue weighted by Crippen LogP contribution is -2.17. The molecular weight excluding hydrogens is 290 g/mol. The molecule has 3 aromatic heterocycles. The smallest absolute Gasteiger partial charge is 0.283 e. The van der Waals surface area contributed by atoms with E-state index in [2.05, 4.69) is 21.5 Å². The van der Waals surface area contributed by atoms with Crippen molar-refractivity contribution in [3.8, 4) is 5.69 Å². The molecule has 0 aliphatic rings. The van der Waals surface area contributed by atoms with E-state index in [0.29, 0.717) is 16.9 Å². The van der Waals surface area contributed by atoms with Crippen LogP contribution in [0.25, 0.3) is 28.7 Å². The van der Waals surface area contributed by atoms with Gasteiger partial charge in [-0.3, -0.25) is 9.36 Å². The molecule has 4 aromatic rings. The van der Waals surface area contributed by atoms with E-state index in [1.165, 1.54) is 4.40 Å². The van der Waals surface area contributed by atoms with Crippen LogP contribution in [0.1, 0.15) is 11.1 Å². The van der Waals surface area contributed by atoms with Gasteiger partial charge in [0.15, 0.2) is 11.2 Å². The summed E-state index contributed by atoms with van der Waals surface area (Å²) >= 11 is 0. The van der Waals surface area contributed by atoms with E-state index in [0.717, 1.165) is 16.8 Å². The first kappa shape index (κ1) is 13.4. The van der Waals surface area contributed by atoms with Gasteiger partial charge < -0.3 is 0 Å². The lowest BCUT2D eigenvalue weighted by atomic mass is 10.2. The van der Waals surface area contributed by atoms with Gasteiger partial charge in [-0.25, -0.2) is 14.4 Å². The summed E-state index contributed by atoms with van der Waals surface area (Å²) < 4.78 is 3.21. The van der Waals surface area contributed by atoms with Gasteiger partial charge in [0.25, 0.3) is 5.56 Å². The predicted molar refractivity (Wildman–Crippen MR) is 88.7 cm³/mol. The van der Waals surface area contributed by atoms with E-state index in [9.17, 15) is 4.79 Å². The van der Waals surface area contributed by atoms with Crippen LogP contribution in [0.2, 0.25) is 0 Å². The zero-order valence-corrected chi connectivity index (χ0v) is 12.5. The van der Waals surface area contributed by atoms with Gasteiger partial charge in [0.05, 0.1) is 0 Å². The molecule has 0 radical (unpaired) electrons. The first-order chi connectivity index (χ1) is 11.2. The van der Waals surface area contributed by atoms with E-state index >= 15 is 0 Å². The number of hydrogen-bond acceptors (Lipinski definition) is 4. The van der Waals surface area contributed by atoms with Crippen molar-refractivity contribution in [1.29, 1.82) is 0 Å². The molecule has 0 fully saturated rings. The quantitative estimate of drug-likeness (QED) is 0.570. The molecule has 0 aliphatic heterocycles. The Morgan fingerprint density at radius 3 is 2.70 bits per heavy atom. The zero-order chi connectivity index (χ0) is 16.0. The van der Waals surface area contributed by atoms with E-state index in [4.69, 9.17) is 0 Å². The number of fused-ring (bicyclic) bond motifs is 2. The highest BCUT2D eigenvalue weighted by Gasteiger charge is 2.13. The summed E-state index contributed by atoms with van der Waals surface area (Å²) in [4.78, 5) is 25.5. The zero-order valence-electron chi connectivity index (χ0n) is 12.5. The summed E-state index contributed by atoms with van der Waals surface area (Å²) in [6.07, 6.45) is 6.79. The molecule has 1 aromatic carbocycles. The Kier molecular flexibility index (Phi) is 2.84. The van der Waals surface area contributed by atoms with Gasteiger partial charge in [0, 0.05) is 18.1 Å². The van der Waals surface area contributed by atoms with Crippen molar-refractivity contribution >= 4 is 23.0 Å². The van der Waals surface area contributed by atoms with Gasteiger partial charge in [-0.15, -0.1) is 0 Å². The average molecular weight is 303 g/mol. The number of nitrogens with zero attached hydrogens (tertiary/aromatic N) is 5. The normalized spacial score (nSPS) is 11.2. The lowest BCUT2D eigenvalue weighted by Gasteiger charge is -2.05. The maximum Gasteiger partial charge on any atom is 0.287 e. The third-order valence-electron chi connectivity index (χ3n) is 3.71. The van der Waals surface area contributed by atoms with Crippen LogP contribution in [0, 0.1) is 6.92 Å². The molecule has 0 unspecified atom stereocenters. The molecule has 0 saturated carbocycles. The molecule has 3 heterocycles. The van der Waals surface area contributed by atoms with Crippen molar-refractivity contribution in [2.24, 2.45) is 0 Å². The highest BCUT2D eigenvalue weighted by molar-refractivity contribution is 5.74. The van der Waals surface area contributed by atoms with Gasteiger partial charge in [0.2, 0.25) is 5.78 Å². The summed E-state index contributed by atoms with van der Waals surface area (Å²) in [5, 5.41) is 0. The van der Waals surface area contributed by atoms with Crippen molar-refractivity contribution in [3.05, 3.63) is 71.0 Å². The standard InChI is InChI=1S/C17H13N5O/c1-3-12-4-6-13(7-5-12)22-10-19-14-15(22)20-17-18-8-11(2)9-21(17)16(14)23/h3-10H,1H2,2H3. The molecule has 0 atom stereocenters. The van der Waals surface area contributed by atoms with Gasteiger partial charge in [-0.1, -0.05) is 24.8 Å². The van der Waals surface area contributed by atoms with Crippen molar-refractivity contribution < 1.29 is 0 Å². The topological polar surface area (TPSA) is 65.1 Å². The average Bonchev–Trinajstić information content (AvgIpc) is 3.00. The molecule has 6 heteroatoms. The molecule has 0 aliphatic carbocycles. The van der Waals surface area contributed by atoms with Crippen LogP contribution in [-0.4, -0.2) is 23.9 Å². The van der Waals surface area contributed by atoms with Crippen LogP contribution in [0.15, 0.2) is 54.4 Å². The third-order valence-corrected chi connectivity index (χ3v) is 3.71. The van der Waals surface area contributed by atoms with Crippen molar-refractivity contribution in [2.75, 3.05) is 0 Å². The van der Waals surface area contributed by atoms with Gasteiger partial charge >= 0.3 is 0 Å². The predicted octanol–water partition coefficient (Wildman–Crippen LogP) is 2.38. The number of aromatic nitrogens is 5. The Morgan fingerprint density at radius 2 is 1.96 bits per heavy atom. The summed E-state index contributed by atoms with van der Waals surface area (Å²) in [6.45, 7) is 5.62. The molecule has 112 valence electrons. The summed E-state index contributed by atoms with van der Waals surface area (Å²) in [6, 6.07) is 7.77. The maximum absolute atomic E-state index is 12.6. The monoisotopic (exact) mass is 303 g/mol. The summed E-state index contributed by atoms with van der Waals surface area (Å²) in [7, 11) is 0. The minimum atomic E-state index is -0.220. The molecule has 23 heavy (non-hydrogen) atoms. The summed E-state index contributed by atoms with van der Waals surface area (Å²) in [5.41, 5.74) is 3.39. The Balaban J connectivity index is 2.02. The van der Waals surface area contributed by atoms with Crippen molar-refractivity contribution in [2.45, 2.75) is 6.92 Å². The van der Waals surface area contributed by atoms with Crippen LogP contribution in [0.5, 0.6) is 0 Å². The molecular formula is C17H13N5O. The molecule has 0 bridgehead atoms. The number of rotatable bonds is 2. The third kappa shape index (κ3) is 2.03. The van der Waals surface area contributed by atoms with Crippen LogP contribution in [0.4, 0.5) is 0 Å². The molecule has 0 spiro atoms. The summed E-state index contributed by atoms with van der Waals surface area (Å²) in [5.74, 6) is 0.359. The van der Waals surface area contributed by atoms with Crippen LogP contribution < -0.4 is 5.56 Å². The Morgan fingerprint density at radius 1 is 1.17 bits per heavy atom. The van der Waals surface area contributed by atoms with E-state index in [-0.39, 0.29) is 5.56 Å². The second kappa shape index (κ2) is 4.88. The second-order valence-electron chi connectivity index (χ2n) is 5.30. The minimum Gasteiger partial charge on any atom is -0.283 e. The first-order valence-corrected chi connectivity index (χ1v) is 7.12. The number of aryl methyl sites for hydroxylation is 1. The Bertz CT molecular complexity index is 1110. The number of benzene rings is 1. The first-order valence-electron chi connectivity index (χ1n) is 7.12. The highest BCUT2D eigenvalue weighted by atomic mass is 16.1. The fourth-order valence-electron chi connectivity index (χ4n) is 2.52. The van der Waals surface area contributed by atoms with Crippen LogP contribution in [-0.2, 0) is 0 Å².